The molecule has 0 unspecified atom stereocenters. The maximum absolute atomic E-state index is 13.8. The highest BCUT2D eigenvalue weighted by Gasteiger charge is 2.38. The van der Waals surface area contributed by atoms with E-state index < -0.39 is 12.1 Å². The number of carbonyl (C=O) groups is 1. The van der Waals surface area contributed by atoms with Crippen LogP contribution in [0.5, 0.6) is 5.88 Å². The molecule has 1 aliphatic heterocycles. The Morgan fingerprint density at radius 1 is 1.33 bits per heavy atom. The number of rotatable bonds is 4. The van der Waals surface area contributed by atoms with Crippen molar-refractivity contribution in [2.75, 3.05) is 13.1 Å². The van der Waals surface area contributed by atoms with Crippen LogP contribution >= 0.6 is 11.6 Å². The van der Waals surface area contributed by atoms with Crippen LogP contribution < -0.4 is 10.1 Å². The van der Waals surface area contributed by atoms with Gasteiger partial charge in [-0.25, -0.2) is 14.2 Å². The highest BCUT2D eigenvalue weighted by molar-refractivity contribution is 6.30. The predicted molar refractivity (Wildman–Crippen MR) is 103 cm³/mol. The predicted octanol–water partition coefficient (Wildman–Crippen LogP) is 4.80. The molecule has 2 aromatic rings. The van der Waals surface area contributed by atoms with Gasteiger partial charge in [-0.05, 0) is 43.6 Å². The number of carboxylic acid groups (broad SMARTS) is 1. The van der Waals surface area contributed by atoms with Crippen molar-refractivity contribution in [3.05, 3.63) is 58.5 Å². The van der Waals surface area contributed by atoms with Gasteiger partial charge in [0.15, 0.2) is 0 Å². The molecule has 0 aliphatic carbocycles. The van der Waals surface area contributed by atoms with Gasteiger partial charge >= 0.3 is 12.1 Å². The third-order valence-electron chi connectivity index (χ3n) is 4.54. The normalized spacial score (nSPS) is 18.9. The summed E-state index contributed by atoms with van der Waals surface area (Å²) in [4.78, 5) is 13.5. The number of nitrogens with one attached hydrogen (secondary N) is 1. The molecular formula is C20H21ClF4N2O3. The van der Waals surface area contributed by atoms with E-state index in [0.29, 0.717) is 28.3 Å². The number of aliphatic carboxylic acids is 1. The second-order valence-corrected chi connectivity index (χ2v) is 7.24. The highest BCUT2D eigenvalue weighted by atomic mass is 35.5. The Balaban J connectivity index is 0.000000396. The second kappa shape index (κ2) is 10.6. The number of carboxylic acids is 1. The highest BCUT2D eigenvalue weighted by Crippen LogP contribution is 2.29. The summed E-state index contributed by atoms with van der Waals surface area (Å²) < 4.78 is 51.2. The van der Waals surface area contributed by atoms with Gasteiger partial charge in [-0.2, -0.15) is 13.2 Å². The Labute approximate surface area is 176 Å². The molecule has 2 atom stereocenters. The number of ether oxygens (including phenoxy) is 1. The van der Waals surface area contributed by atoms with Crippen LogP contribution in [-0.4, -0.2) is 35.3 Å². The second-order valence-electron chi connectivity index (χ2n) is 6.80. The lowest BCUT2D eigenvalue weighted by atomic mass is 9.85. The molecule has 2 N–H and O–H groups in total. The van der Waals surface area contributed by atoms with Gasteiger partial charge in [0.2, 0.25) is 5.88 Å². The number of aromatic nitrogens is 1. The topological polar surface area (TPSA) is 71.5 Å². The molecule has 10 heteroatoms. The van der Waals surface area contributed by atoms with Crippen molar-refractivity contribution >= 4 is 17.6 Å². The van der Waals surface area contributed by atoms with Crippen molar-refractivity contribution in [2.24, 2.45) is 5.92 Å². The minimum Gasteiger partial charge on any atom is -0.475 e. The monoisotopic (exact) mass is 448 g/mol. The Morgan fingerprint density at radius 2 is 2.03 bits per heavy atom. The fourth-order valence-corrected chi connectivity index (χ4v) is 3.12. The van der Waals surface area contributed by atoms with Gasteiger partial charge in [-0.15, -0.1) is 0 Å². The van der Waals surface area contributed by atoms with Crippen LogP contribution in [0.15, 0.2) is 36.4 Å². The van der Waals surface area contributed by atoms with Crippen LogP contribution in [0.25, 0.3) is 0 Å². The minimum absolute atomic E-state index is 0.140. The van der Waals surface area contributed by atoms with Crippen LogP contribution in [-0.2, 0) is 11.4 Å². The zero-order chi connectivity index (χ0) is 22.3. The van der Waals surface area contributed by atoms with Gasteiger partial charge in [0.1, 0.15) is 12.4 Å². The quantitative estimate of drug-likeness (QED) is 0.657. The Hall–Kier alpha value is -2.39. The molecule has 30 heavy (non-hydrogen) atoms. The first-order valence-corrected chi connectivity index (χ1v) is 9.50. The zero-order valence-electron chi connectivity index (χ0n) is 16.0. The molecule has 5 nitrogen and oxygen atoms in total. The van der Waals surface area contributed by atoms with Crippen LogP contribution in [0.3, 0.4) is 0 Å². The van der Waals surface area contributed by atoms with Crippen molar-refractivity contribution in [2.45, 2.75) is 32.0 Å². The molecule has 1 aliphatic rings. The molecular weight excluding hydrogens is 428 g/mol. The van der Waals surface area contributed by atoms with E-state index in [9.17, 15) is 17.6 Å². The summed E-state index contributed by atoms with van der Waals surface area (Å²) in [5.74, 6) is -1.61. The lowest BCUT2D eigenvalue weighted by Crippen LogP contribution is -2.34. The maximum Gasteiger partial charge on any atom is 0.490 e. The van der Waals surface area contributed by atoms with E-state index in [-0.39, 0.29) is 12.4 Å². The molecule has 0 amide bonds. The van der Waals surface area contributed by atoms with Crippen molar-refractivity contribution < 1.29 is 32.2 Å². The molecule has 1 aromatic heterocycles. The zero-order valence-corrected chi connectivity index (χ0v) is 16.8. The van der Waals surface area contributed by atoms with Gasteiger partial charge in [0.05, 0.1) is 0 Å². The van der Waals surface area contributed by atoms with Gasteiger partial charge in [0, 0.05) is 28.3 Å². The number of halogens is 5. The molecule has 1 fully saturated rings. The number of hydrogen-bond donors (Lipinski definition) is 2. The van der Waals surface area contributed by atoms with Crippen LogP contribution in [0, 0.1) is 11.7 Å². The molecule has 0 saturated carbocycles. The lowest BCUT2D eigenvalue weighted by Gasteiger charge is -2.29. The summed E-state index contributed by atoms with van der Waals surface area (Å²) in [5.41, 5.74) is 1.52. The number of hydrogen-bond acceptors (Lipinski definition) is 4. The van der Waals surface area contributed by atoms with Crippen LogP contribution in [0.4, 0.5) is 17.6 Å². The Kier molecular flexibility index (Phi) is 8.43. The summed E-state index contributed by atoms with van der Waals surface area (Å²) >= 11 is 5.76. The summed E-state index contributed by atoms with van der Waals surface area (Å²) in [6.45, 7) is 4.39. The fraction of sp³-hybridized carbons (Fsp3) is 0.400. The molecule has 3 rings (SSSR count). The molecule has 164 valence electrons. The Bertz CT molecular complexity index is 864. The number of nitrogens with zero attached hydrogens (tertiary/aromatic N) is 1. The SMILES string of the molecule is C[C@H]1CNCC[C@H]1c1cccc(OCc2ccc(Cl)cc2F)n1.O=C(O)C(F)(F)F. The van der Waals surface area contributed by atoms with E-state index in [1.807, 2.05) is 18.2 Å². The molecule has 2 heterocycles. The third kappa shape index (κ3) is 7.14. The average molecular weight is 449 g/mol. The first-order chi connectivity index (χ1) is 14.1. The van der Waals surface area contributed by atoms with Crippen LogP contribution in [0.1, 0.15) is 30.5 Å². The number of alkyl halides is 3. The average Bonchev–Trinajstić information content (AvgIpc) is 2.68. The standard InChI is InChI=1S/C18H20ClFN2O.C2HF3O2/c1-12-10-21-8-7-15(12)17-3-2-4-18(22-17)23-11-13-5-6-14(19)9-16(13)20;3-2(4,5)1(6)7/h2-6,9,12,15,21H,7-8,10-11H2,1H3;(H,6,7)/t12-,15+;/m0./s1. The maximum atomic E-state index is 13.8. The van der Waals surface area contributed by atoms with Gasteiger partial charge < -0.3 is 15.2 Å². The summed E-state index contributed by atoms with van der Waals surface area (Å²) in [7, 11) is 0. The van der Waals surface area contributed by atoms with E-state index in [1.54, 1.807) is 12.1 Å². The van der Waals surface area contributed by atoms with Crippen molar-refractivity contribution in [1.29, 1.82) is 0 Å². The number of piperidine rings is 1. The van der Waals surface area contributed by atoms with Crippen molar-refractivity contribution in [3.63, 3.8) is 0 Å². The summed E-state index contributed by atoms with van der Waals surface area (Å²) in [5, 5.41) is 10.9. The van der Waals surface area contributed by atoms with E-state index >= 15 is 0 Å². The Morgan fingerprint density at radius 3 is 2.63 bits per heavy atom. The summed E-state index contributed by atoms with van der Waals surface area (Å²) in [6.07, 6.45) is -4.01. The fourth-order valence-electron chi connectivity index (χ4n) is 2.96. The van der Waals surface area contributed by atoms with Crippen LogP contribution in [0.2, 0.25) is 5.02 Å². The smallest absolute Gasteiger partial charge is 0.475 e. The molecule has 1 aromatic carbocycles. The minimum atomic E-state index is -5.08. The van der Waals surface area contributed by atoms with E-state index in [4.69, 9.17) is 26.2 Å². The van der Waals surface area contributed by atoms with Gasteiger partial charge in [0.25, 0.3) is 0 Å². The molecule has 1 saturated heterocycles. The van der Waals surface area contributed by atoms with Crippen molar-refractivity contribution in [1.82, 2.24) is 10.3 Å². The lowest BCUT2D eigenvalue weighted by molar-refractivity contribution is -0.192. The first-order valence-electron chi connectivity index (χ1n) is 9.12. The van der Waals surface area contributed by atoms with E-state index in [2.05, 4.69) is 17.2 Å². The largest absolute Gasteiger partial charge is 0.490 e. The molecule has 0 bridgehead atoms. The van der Waals surface area contributed by atoms with Crippen molar-refractivity contribution in [3.8, 4) is 5.88 Å². The van der Waals surface area contributed by atoms with E-state index in [1.165, 1.54) is 6.07 Å². The number of pyridine rings is 1. The van der Waals surface area contributed by atoms with E-state index in [0.717, 1.165) is 25.2 Å². The first kappa shape index (κ1) is 23.9. The summed E-state index contributed by atoms with van der Waals surface area (Å²) in [6, 6.07) is 10.4. The van der Waals surface area contributed by atoms with Gasteiger partial charge in [-0.1, -0.05) is 30.7 Å². The van der Waals surface area contributed by atoms with Gasteiger partial charge in [-0.3, -0.25) is 0 Å². The molecule has 0 spiro atoms. The number of benzene rings is 1. The third-order valence-corrected chi connectivity index (χ3v) is 4.78. The molecule has 0 radical (unpaired) electrons.